The summed E-state index contributed by atoms with van der Waals surface area (Å²) in [6.07, 6.45) is 1.97. The molecule has 1 spiro atoms. The lowest BCUT2D eigenvalue weighted by atomic mass is 9.86. The van der Waals surface area contributed by atoms with Gasteiger partial charge in [0.05, 0.1) is 18.1 Å². The van der Waals surface area contributed by atoms with Gasteiger partial charge in [0.1, 0.15) is 6.33 Å². The smallest absolute Gasteiger partial charge is 0.475 e. The molecule has 9 nitrogen and oxygen atoms in total. The standard InChI is InChI=1S/C17H16FN5O2.C2HF3O2/c18-14-5-12(1-3-21-14)16(25)22-4-2-17(9-22)6-15(24)23(10-17)13-7-19-11-20-8-13;3-2(4,5)1(6)7/h1,3,5,7-8,11H,2,4,6,9-10H2;(H,6,7). The fraction of sp³-hybridized carbons (Fsp3) is 0.368. The first-order chi connectivity index (χ1) is 15.0. The SMILES string of the molecule is O=C(O)C(F)(F)F.O=C(c1ccnc(F)c1)N1CCC2(CC(=O)N(c3cncnc3)C2)C1. The number of carbonyl (C=O) groups excluding carboxylic acids is 2. The van der Waals surface area contributed by atoms with E-state index in [1.165, 1.54) is 18.6 Å². The number of likely N-dealkylation sites (tertiary alicyclic amines) is 1. The van der Waals surface area contributed by atoms with E-state index in [1.807, 2.05) is 0 Å². The van der Waals surface area contributed by atoms with Crippen LogP contribution < -0.4 is 4.90 Å². The van der Waals surface area contributed by atoms with Gasteiger partial charge >= 0.3 is 12.1 Å². The van der Waals surface area contributed by atoms with Gasteiger partial charge in [0.25, 0.3) is 5.91 Å². The molecule has 13 heteroatoms. The van der Waals surface area contributed by atoms with Gasteiger partial charge in [0.15, 0.2) is 0 Å². The van der Waals surface area contributed by atoms with Crippen molar-refractivity contribution in [2.24, 2.45) is 5.41 Å². The van der Waals surface area contributed by atoms with Crippen molar-refractivity contribution in [3.63, 3.8) is 0 Å². The third-order valence-corrected chi connectivity index (χ3v) is 5.12. The van der Waals surface area contributed by atoms with Crippen molar-refractivity contribution in [2.75, 3.05) is 24.5 Å². The van der Waals surface area contributed by atoms with E-state index >= 15 is 0 Å². The number of nitrogens with zero attached hydrogens (tertiary/aromatic N) is 5. The van der Waals surface area contributed by atoms with E-state index in [0.29, 0.717) is 31.7 Å². The molecule has 170 valence electrons. The Hall–Kier alpha value is -3.64. The predicted molar refractivity (Wildman–Crippen MR) is 99.8 cm³/mol. The molecule has 2 saturated heterocycles. The summed E-state index contributed by atoms with van der Waals surface area (Å²) in [6, 6.07) is 2.64. The van der Waals surface area contributed by atoms with E-state index in [9.17, 15) is 27.2 Å². The summed E-state index contributed by atoms with van der Waals surface area (Å²) < 4.78 is 45.0. The van der Waals surface area contributed by atoms with Gasteiger partial charge < -0.3 is 14.9 Å². The highest BCUT2D eigenvalue weighted by Gasteiger charge is 2.49. The molecule has 2 fully saturated rings. The van der Waals surface area contributed by atoms with Crippen LogP contribution in [0.15, 0.2) is 37.1 Å². The Morgan fingerprint density at radius 1 is 1.16 bits per heavy atom. The van der Waals surface area contributed by atoms with Crippen LogP contribution in [-0.4, -0.2) is 68.6 Å². The van der Waals surface area contributed by atoms with E-state index in [2.05, 4.69) is 15.0 Å². The van der Waals surface area contributed by atoms with Crippen LogP contribution in [0.4, 0.5) is 23.2 Å². The van der Waals surface area contributed by atoms with Gasteiger partial charge in [-0.1, -0.05) is 0 Å². The molecule has 2 aromatic heterocycles. The number of rotatable bonds is 2. The number of aliphatic carboxylic acids is 1. The van der Waals surface area contributed by atoms with E-state index in [-0.39, 0.29) is 22.8 Å². The number of halogens is 4. The number of alkyl halides is 3. The number of amides is 2. The molecular weight excluding hydrogens is 438 g/mol. The van der Waals surface area contributed by atoms with Crippen molar-refractivity contribution in [1.82, 2.24) is 19.9 Å². The van der Waals surface area contributed by atoms with Crippen LogP contribution in [0, 0.1) is 11.4 Å². The van der Waals surface area contributed by atoms with Gasteiger partial charge in [-0.05, 0) is 12.5 Å². The number of anilines is 1. The molecule has 2 aliphatic rings. The molecule has 1 atom stereocenters. The highest BCUT2D eigenvalue weighted by Crippen LogP contribution is 2.41. The Morgan fingerprint density at radius 3 is 2.41 bits per heavy atom. The quantitative estimate of drug-likeness (QED) is 0.543. The molecule has 2 amide bonds. The molecule has 32 heavy (non-hydrogen) atoms. The van der Waals surface area contributed by atoms with E-state index in [0.717, 1.165) is 12.5 Å². The maximum atomic E-state index is 13.3. The first-order valence-corrected chi connectivity index (χ1v) is 9.27. The first-order valence-electron chi connectivity index (χ1n) is 9.27. The average molecular weight is 455 g/mol. The topological polar surface area (TPSA) is 117 Å². The van der Waals surface area contributed by atoms with Gasteiger partial charge in [-0.3, -0.25) is 9.59 Å². The maximum absolute atomic E-state index is 13.3. The summed E-state index contributed by atoms with van der Waals surface area (Å²) in [5.41, 5.74) is 0.682. The molecule has 0 aromatic carbocycles. The fourth-order valence-electron chi connectivity index (χ4n) is 3.66. The van der Waals surface area contributed by atoms with Crippen molar-refractivity contribution in [3.05, 3.63) is 48.6 Å². The molecule has 0 radical (unpaired) electrons. The summed E-state index contributed by atoms with van der Waals surface area (Å²) in [4.78, 5) is 48.7. The summed E-state index contributed by atoms with van der Waals surface area (Å²) in [7, 11) is 0. The fourth-order valence-corrected chi connectivity index (χ4v) is 3.66. The Balaban J connectivity index is 0.000000360. The van der Waals surface area contributed by atoms with Crippen molar-refractivity contribution in [1.29, 1.82) is 0 Å². The first kappa shape index (κ1) is 23.0. The highest BCUT2D eigenvalue weighted by molar-refractivity contribution is 5.97. The number of aromatic nitrogens is 3. The highest BCUT2D eigenvalue weighted by atomic mass is 19.4. The molecule has 0 aliphatic carbocycles. The number of hydrogen-bond donors (Lipinski definition) is 1. The molecule has 1 N–H and O–H groups in total. The molecule has 4 rings (SSSR count). The van der Waals surface area contributed by atoms with E-state index in [4.69, 9.17) is 9.90 Å². The summed E-state index contributed by atoms with van der Waals surface area (Å²) in [5.74, 6) is -3.65. The Kier molecular flexibility index (Phi) is 6.37. The number of carboxylic acids is 1. The number of pyridine rings is 1. The maximum Gasteiger partial charge on any atom is 0.490 e. The van der Waals surface area contributed by atoms with E-state index < -0.39 is 18.1 Å². The molecular formula is C19H17F4N5O4. The second-order valence-corrected chi connectivity index (χ2v) is 7.40. The monoisotopic (exact) mass is 455 g/mol. The van der Waals surface area contributed by atoms with Gasteiger partial charge in [-0.2, -0.15) is 17.6 Å². The molecule has 0 saturated carbocycles. The molecule has 0 bridgehead atoms. The van der Waals surface area contributed by atoms with E-state index in [1.54, 1.807) is 22.2 Å². The average Bonchev–Trinajstić information content (AvgIpc) is 3.30. The normalized spacial score (nSPS) is 20.3. The minimum absolute atomic E-state index is 0.0130. The minimum atomic E-state index is -5.08. The predicted octanol–water partition coefficient (Wildman–Crippen LogP) is 1.91. The third kappa shape index (κ3) is 5.15. The van der Waals surface area contributed by atoms with Gasteiger partial charge in [-0.15, -0.1) is 0 Å². The summed E-state index contributed by atoms with van der Waals surface area (Å²) in [5, 5.41) is 7.12. The second-order valence-electron chi connectivity index (χ2n) is 7.40. The van der Waals surface area contributed by atoms with Crippen LogP contribution >= 0.6 is 0 Å². The summed E-state index contributed by atoms with van der Waals surface area (Å²) >= 11 is 0. The van der Waals surface area contributed by atoms with Crippen molar-refractivity contribution >= 4 is 23.5 Å². The molecule has 4 heterocycles. The molecule has 1 unspecified atom stereocenters. The van der Waals surface area contributed by atoms with Gasteiger partial charge in [0, 0.05) is 49.3 Å². The summed E-state index contributed by atoms with van der Waals surface area (Å²) in [6.45, 7) is 1.56. The van der Waals surface area contributed by atoms with Gasteiger partial charge in [-0.25, -0.2) is 19.7 Å². The lowest BCUT2D eigenvalue weighted by molar-refractivity contribution is -0.192. The van der Waals surface area contributed by atoms with Crippen LogP contribution in [0.5, 0.6) is 0 Å². The lowest BCUT2D eigenvalue weighted by Crippen LogP contribution is -2.34. The van der Waals surface area contributed by atoms with Crippen LogP contribution in [0.25, 0.3) is 0 Å². The van der Waals surface area contributed by atoms with Gasteiger partial charge in [0.2, 0.25) is 11.9 Å². The van der Waals surface area contributed by atoms with Crippen molar-refractivity contribution in [2.45, 2.75) is 19.0 Å². The van der Waals surface area contributed by atoms with Crippen molar-refractivity contribution in [3.8, 4) is 0 Å². The number of carboxylic acid groups (broad SMARTS) is 1. The van der Waals surface area contributed by atoms with Crippen LogP contribution in [0.2, 0.25) is 0 Å². The zero-order valence-electron chi connectivity index (χ0n) is 16.4. The minimum Gasteiger partial charge on any atom is -0.475 e. The Morgan fingerprint density at radius 2 is 1.81 bits per heavy atom. The number of hydrogen-bond acceptors (Lipinski definition) is 6. The lowest BCUT2D eigenvalue weighted by Gasteiger charge is -2.24. The second kappa shape index (κ2) is 8.85. The zero-order valence-corrected chi connectivity index (χ0v) is 16.4. The Labute approximate surface area is 178 Å². The van der Waals surface area contributed by atoms with Crippen LogP contribution in [0.1, 0.15) is 23.2 Å². The third-order valence-electron chi connectivity index (χ3n) is 5.12. The zero-order chi connectivity index (χ0) is 23.5. The molecule has 2 aromatic rings. The van der Waals surface area contributed by atoms with Crippen molar-refractivity contribution < 1.29 is 37.1 Å². The van der Waals surface area contributed by atoms with Crippen LogP contribution in [0.3, 0.4) is 0 Å². The number of carbonyl (C=O) groups is 3. The van der Waals surface area contributed by atoms with Crippen LogP contribution in [-0.2, 0) is 9.59 Å². The molecule has 2 aliphatic heterocycles. The largest absolute Gasteiger partial charge is 0.490 e. The Bertz CT molecular complexity index is 1020.